The molecular weight excluding hydrogens is 851 g/mol. The lowest BCUT2D eigenvalue weighted by molar-refractivity contribution is -0.123. The molecular formula is C48H50BBrN2O8Si. The summed E-state index contributed by atoms with van der Waals surface area (Å²) in [7, 11) is -4.96. The van der Waals surface area contributed by atoms with Crippen molar-refractivity contribution < 1.29 is 39.4 Å². The average molecular weight is 902 g/mol. The summed E-state index contributed by atoms with van der Waals surface area (Å²) in [5, 5.41) is 56.1. The van der Waals surface area contributed by atoms with E-state index in [1.807, 2.05) is 60.7 Å². The number of benzene rings is 4. The van der Waals surface area contributed by atoms with E-state index in [4.69, 9.17) is 4.43 Å². The van der Waals surface area contributed by atoms with Gasteiger partial charge in [-0.2, -0.15) is 0 Å². The zero-order valence-electron chi connectivity index (χ0n) is 34.4. The van der Waals surface area contributed by atoms with Gasteiger partial charge in [0.15, 0.2) is 0 Å². The second-order valence-corrected chi connectivity index (χ2v) is 22.0. The van der Waals surface area contributed by atoms with Gasteiger partial charge in [-0.25, -0.2) is 0 Å². The topological polar surface area (TPSA) is 161 Å². The number of aromatic hydroxyl groups is 1. The van der Waals surface area contributed by atoms with Crippen molar-refractivity contribution in [1.29, 1.82) is 0 Å². The Balaban J connectivity index is 1.33. The van der Waals surface area contributed by atoms with Gasteiger partial charge in [0.25, 0.3) is 8.32 Å². The molecule has 1 aromatic heterocycles. The second kappa shape index (κ2) is 18.6. The number of amides is 2. The van der Waals surface area contributed by atoms with Gasteiger partial charge >= 0.3 is 7.12 Å². The highest BCUT2D eigenvalue weighted by molar-refractivity contribution is 9.10. The van der Waals surface area contributed by atoms with Gasteiger partial charge in [-0.05, 0) is 105 Å². The van der Waals surface area contributed by atoms with Crippen LogP contribution in [0, 0.1) is 17.8 Å². The number of rotatable bonds is 14. The van der Waals surface area contributed by atoms with Crippen LogP contribution >= 0.6 is 15.9 Å². The lowest BCUT2D eigenvalue weighted by Gasteiger charge is -2.44. The van der Waals surface area contributed by atoms with Crippen LogP contribution in [0.1, 0.15) is 51.3 Å². The smallest absolute Gasteiger partial charge is 0.488 e. The molecule has 1 aliphatic heterocycles. The Morgan fingerprint density at radius 2 is 1.59 bits per heavy atom. The summed E-state index contributed by atoms with van der Waals surface area (Å²) in [4.78, 5) is 34.6. The van der Waals surface area contributed by atoms with Crippen LogP contribution in [0.5, 0.6) is 5.75 Å². The molecule has 0 bridgehead atoms. The van der Waals surface area contributed by atoms with Gasteiger partial charge in [-0.15, -0.1) is 0 Å². The maximum Gasteiger partial charge on any atom is 0.488 e. The number of phenolic OH excluding ortho intramolecular Hbond substituents is 1. The first-order valence-electron chi connectivity index (χ1n) is 20.4. The molecule has 5 aromatic rings. The van der Waals surface area contributed by atoms with Crippen molar-refractivity contribution in [3.8, 4) is 5.75 Å². The van der Waals surface area contributed by atoms with E-state index in [2.05, 4.69) is 66.0 Å². The fourth-order valence-electron chi connectivity index (χ4n) is 9.23. The van der Waals surface area contributed by atoms with Gasteiger partial charge in [0.2, 0.25) is 11.8 Å². The third-order valence-electron chi connectivity index (χ3n) is 12.0. The Kier molecular flexibility index (Phi) is 13.4. The van der Waals surface area contributed by atoms with Gasteiger partial charge in [-0.1, -0.05) is 116 Å². The van der Waals surface area contributed by atoms with Gasteiger partial charge in [0.05, 0.1) is 42.5 Å². The van der Waals surface area contributed by atoms with Crippen LogP contribution in [-0.2, 0) is 14.0 Å². The number of imide groups is 1. The number of aliphatic hydroxyl groups is 2. The number of fused-ring (bicyclic) bond motifs is 1. The van der Waals surface area contributed by atoms with Crippen molar-refractivity contribution in [2.45, 2.75) is 51.2 Å². The van der Waals surface area contributed by atoms with E-state index in [0.29, 0.717) is 28.8 Å². The molecule has 2 aliphatic rings. The molecule has 1 saturated heterocycles. The zero-order valence-corrected chi connectivity index (χ0v) is 36.9. The SMILES string of the molecule is CC(C)(C)[Si](OCC1=C([C@H](O)CC/C(=C/c2cc(Br)ccc2O)c2ccccn2)[C@H](CO)[C@@H]2C(=O)N(c3cccc(B(O)O)c3)C(=O)[C@@H]2C1)(c1ccccc1)c1ccccc1. The van der Waals surface area contributed by atoms with E-state index < -0.39 is 57.7 Å². The van der Waals surface area contributed by atoms with Crippen molar-refractivity contribution in [2.24, 2.45) is 17.8 Å². The number of anilines is 1. The summed E-state index contributed by atoms with van der Waals surface area (Å²) in [5.74, 6) is -3.72. The van der Waals surface area contributed by atoms with Crippen LogP contribution in [0.15, 0.2) is 143 Å². The first-order chi connectivity index (χ1) is 29.2. The van der Waals surface area contributed by atoms with E-state index in [-0.39, 0.29) is 41.4 Å². The molecule has 0 unspecified atom stereocenters. The summed E-state index contributed by atoms with van der Waals surface area (Å²) < 4.78 is 8.19. The molecule has 2 heterocycles. The highest BCUT2D eigenvalue weighted by Gasteiger charge is 2.56. The lowest BCUT2D eigenvalue weighted by Crippen LogP contribution is -2.66. The zero-order chi connectivity index (χ0) is 43.5. The van der Waals surface area contributed by atoms with Crippen LogP contribution in [0.25, 0.3) is 11.6 Å². The Hall–Kier alpha value is -4.99. The monoisotopic (exact) mass is 900 g/mol. The summed E-state index contributed by atoms with van der Waals surface area (Å²) in [6.07, 6.45) is 2.90. The van der Waals surface area contributed by atoms with Crippen molar-refractivity contribution in [2.75, 3.05) is 18.1 Å². The van der Waals surface area contributed by atoms with Crippen molar-refractivity contribution in [3.63, 3.8) is 0 Å². The minimum absolute atomic E-state index is 0.0297. The van der Waals surface area contributed by atoms with E-state index in [9.17, 15) is 35.0 Å². The number of pyridine rings is 1. The minimum Gasteiger partial charge on any atom is -0.507 e. The van der Waals surface area contributed by atoms with Crippen molar-refractivity contribution >= 4 is 76.4 Å². The number of hydrogen-bond donors (Lipinski definition) is 5. The van der Waals surface area contributed by atoms with Crippen molar-refractivity contribution in [1.82, 2.24) is 4.98 Å². The molecule has 0 radical (unpaired) electrons. The summed E-state index contributed by atoms with van der Waals surface area (Å²) >= 11 is 3.50. The number of allylic oxidation sites excluding steroid dienone is 1. The van der Waals surface area contributed by atoms with E-state index in [1.165, 1.54) is 12.1 Å². The Morgan fingerprint density at radius 3 is 2.20 bits per heavy atom. The molecule has 7 rings (SSSR count). The molecule has 13 heteroatoms. The maximum atomic E-state index is 14.5. The summed E-state index contributed by atoms with van der Waals surface area (Å²) in [6.45, 7) is 6.01. The van der Waals surface area contributed by atoms with Crippen LogP contribution in [-0.4, -0.2) is 76.9 Å². The third-order valence-corrected chi connectivity index (χ3v) is 17.5. The molecule has 4 atom stereocenters. The molecule has 1 fully saturated rings. The summed E-state index contributed by atoms with van der Waals surface area (Å²) in [6, 6.07) is 37.0. The van der Waals surface area contributed by atoms with Crippen molar-refractivity contribution in [3.05, 3.63) is 154 Å². The highest BCUT2D eigenvalue weighted by Crippen LogP contribution is 2.48. The molecule has 61 heavy (non-hydrogen) atoms. The van der Waals surface area contributed by atoms with E-state index in [1.54, 1.807) is 36.5 Å². The van der Waals surface area contributed by atoms with E-state index >= 15 is 0 Å². The molecule has 1 aliphatic carbocycles. The molecule has 2 amide bonds. The normalized spacial score (nSPS) is 19.0. The molecule has 314 valence electrons. The Morgan fingerprint density at radius 1 is 0.918 bits per heavy atom. The number of aliphatic hydroxyl groups excluding tert-OH is 2. The standard InChI is InChI=1S/C48H50BBrN2O8Si/c1-48(2,3)61(37-15-6-4-7-16-37,38-17-8-5-9-18-38)60-30-33-27-39-45(47(57)52(46(39)56)36-14-12-13-34(28-36)49(58)59)40(29-53)44(33)43(55)22-20-31(41-19-10-11-24-51-41)25-32-26-35(50)21-23-42(32)54/h4-19,21,23-26,28,39-40,43,45,53-55,58-59H,20,22,27,29-30H2,1-3H3/b31-25-/t39-,40+,43-,45-/m1/s1. The second-order valence-electron chi connectivity index (χ2n) is 16.8. The average Bonchev–Trinajstić information content (AvgIpc) is 3.51. The third kappa shape index (κ3) is 8.87. The van der Waals surface area contributed by atoms with Crippen LogP contribution < -0.4 is 20.7 Å². The Labute approximate surface area is 366 Å². The van der Waals surface area contributed by atoms with Crippen LogP contribution in [0.3, 0.4) is 0 Å². The fraction of sp³-hybridized carbons (Fsp3) is 0.271. The van der Waals surface area contributed by atoms with Crippen LogP contribution in [0.2, 0.25) is 5.04 Å². The number of carbonyl (C=O) groups is 2. The first kappa shape index (κ1) is 44.1. The minimum atomic E-state index is -3.14. The first-order valence-corrected chi connectivity index (χ1v) is 23.2. The number of carbonyl (C=O) groups excluding carboxylic acids is 2. The van der Waals surface area contributed by atoms with Gasteiger partial charge in [0, 0.05) is 22.2 Å². The number of halogens is 1. The molecule has 0 saturated carbocycles. The number of nitrogens with zero attached hydrogens (tertiary/aromatic N) is 2. The number of hydrogen-bond acceptors (Lipinski definition) is 9. The molecule has 10 nitrogen and oxygen atoms in total. The largest absolute Gasteiger partial charge is 0.507 e. The van der Waals surface area contributed by atoms with E-state index in [0.717, 1.165) is 25.3 Å². The predicted octanol–water partition coefficient (Wildman–Crippen LogP) is 5.60. The lowest BCUT2D eigenvalue weighted by atomic mass is 9.68. The van der Waals surface area contributed by atoms with Gasteiger partial charge in [-0.3, -0.25) is 19.5 Å². The fourth-order valence-corrected chi connectivity index (χ4v) is 14.2. The van der Waals surface area contributed by atoms with Gasteiger partial charge in [0.1, 0.15) is 5.75 Å². The number of phenols is 1. The Bertz CT molecular complexity index is 2390. The molecule has 5 N–H and O–H groups in total. The predicted molar refractivity (Wildman–Crippen MR) is 245 cm³/mol. The van der Waals surface area contributed by atoms with Crippen LogP contribution in [0.4, 0.5) is 5.69 Å². The van der Waals surface area contributed by atoms with Gasteiger partial charge < -0.3 is 29.8 Å². The highest BCUT2D eigenvalue weighted by atomic mass is 79.9. The molecule has 0 spiro atoms. The maximum absolute atomic E-state index is 14.5. The quantitative estimate of drug-likeness (QED) is 0.0543. The molecule has 4 aromatic carbocycles. The number of aromatic nitrogens is 1. The summed E-state index contributed by atoms with van der Waals surface area (Å²) in [5.41, 5.74) is 3.39.